The Balaban J connectivity index is 2.41. The Kier molecular flexibility index (Phi) is 4.36. The summed E-state index contributed by atoms with van der Waals surface area (Å²) in [6, 6.07) is 2.68. The van der Waals surface area contributed by atoms with Crippen molar-refractivity contribution in [2.24, 2.45) is 0 Å². The molecule has 1 unspecified atom stereocenters. The summed E-state index contributed by atoms with van der Waals surface area (Å²) in [5, 5.41) is 0.181. The highest BCUT2D eigenvalue weighted by Gasteiger charge is 2.41. The third-order valence-electron chi connectivity index (χ3n) is 3.21. The van der Waals surface area contributed by atoms with Gasteiger partial charge in [-0.15, -0.1) is 0 Å². The van der Waals surface area contributed by atoms with Crippen LogP contribution >= 0.6 is 27.5 Å². The van der Waals surface area contributed by atoms with Gasteiger partial charge >= 0.3 is 0 Å². The van der Waals surface area contributed by atoms with Crippen molar-refractivity contribution in [2.45, 2.75) is 23.8 Å². The average Bonchev–Trinajstić information content (AvgIpc) is 2.56. The number of sulfone groups is 1. The molecule has 3 N–H and O–H groups in total. The lowest BCUT2D eigenvalue weighted by molar-refractivity contribution is 0.461. The molecule has 1 saturated heterocycles. The van der Waals surface area contributed by atoms with Gasteiger partial charge in [0.2, 0.25) is 10.0 Å². The van der Waals surface area contributed by atoms with Gasteiger partial charge in [-0.25, -0.2) is 21.6 Å². The fourth-order valence-corrected chi connectivity index (χ4v) is 7.16. The van der Waals surface area contributed by atoms with Gasteiger partial charge in [0.1, 0.15) is 0 Å². The predicted molar refractivity (Wildman–Crippen MR) is 85.6 cm³/mol. The second kappa shape index (κ2) is 5.38. The summed E-state index contributed by atoms with van der Waals surface area (Å²) in [4.78, 5) is -0.113. The molecular formula is C11H14BrClN2O4S2. The van der Waals surface area contributed by atoms with E-state index in [1.807, 2.05) is 0 Å². The monoisotopic (exact) mass is 416 g/mol. The van der Waals surface area contributed by atoms with Crippen LogP contribution in [0.5, 0.6) is 0 Å². The smallest absolute Gasteiger partial charge is 0.242 e. The molecule has 1 heterocycles. The Morgan fingerprint density at radius 2 is 2.05 bits per heavy atom. The zero-order valence-electron chi connectivity index (χ0n) is 11.1. The molecule has 2 rings (SSSR count). The Morgan fingerprint density at radius 1 is 1.43 bits per heavy atom. The predicted octanol–water partition coefficient (Wildman–Crippen LogP) is 1.54. The van der Waals surface area contributed by atoms with Gasteiger partial charge in [0.15, 0.2) is 9.84 Å². The molecule has 6 nitrogen and oxygen atoms in total. The van der Waals surface area contributed by atoms with Crippen LogP contribution in [0, 0.1) is 0 Å². The molecule has 0 bridgehead atoms. The molecule has 1 aliphatic rings. The lowest BCUT2D eigenvalue weighted by Crippen LogP contribution is -2.46. The number of nitrogens with two attached hydrogens (primary N) is 1. The zero-order valence-corrected chi connectivity index (χ0v) is 15.0. The van der Waals surface area contributed by atoms with Gasteiger partial charge in [0, 0.05) is 16.2 Å². The van der Waals surface area contributed by atoms with Crippen molar-refractivity contribution in [3.8, 4) is 0 Å². The highest BCUT2D eigenvalue weighted by atomic mass is 79.9. The molecule has 0 aliphatic carbocycles. The summed E-state index contributed by atoms with van der Waals surface area (Å²) >= 11 is 8.95. The maximum absolute atomic E-state index is 12.5. The molecule has 1 aromatic carbocycles. The first-order valence-electron chi connectivity index (χ1n) is 5.93. The minimum absolute atomic E-state index is 0.0368. The Labute approximate surface area is 137 Å². The van der Waals surface area contributed by atoms with Crippen LogP contribution in [0.2, 0.25) is 5.02 Å². The van der Waals surface area contributed by atoms with Gasteiger partial charge in [0.25, 0.3) is 0 Å². The van der Waals surface area contributed by atoms with Crippen molar-refractivity contribution in [2.75, 3.05) is 17.2 Å². The maximum atomic E-state index is 12.5. The SMILES string of the molecule is CC1(NS(=O)(=O)c2cc(Cl)cc(N)c2Br)CCS(=O)(=O)C1. The second-order valence-electron chi connectivity index (χ2n) is 5.32. The number of nitrogen functional groups attached to an aromatic ring is 1. The number of benzene rings is 1. The standard InChI is InChI=1S/C11H14BrClN2O4S2/c1-11(2-3-20(16,17)6-11)15-21(18,19)9-5-7(13)4-8(14)10(9)12/h4-5,15H,2-3,6,14H2,1H3. The molecule has 0 amide bonds. The van der Waals surface area contributed by atoms with Crippen LogP contribution in [-0.2, 0) is 19.9 Å². The van der Waals surface area contributed by atoms with E-state index in [1.54, 1.807) is 6.92 Å². The van der Waals surface area contributed by atoms with E-state index in [2.05, 4.69) is 20.7 Å². The van der Waals surface area contributed by atoms with Gasteiger partial charge < -0.3 is 5.73 Å². The van der Waals surface area contributed by atoms with Crippen LogP contribution in [0.15, 0.2) is 21.5 Å². The second-order valence-corrected chi connectivity index (χ2v) is 10.4. The molecule has 0 saturated carbocycles. The van der Waals surface area contributed by atoms with Gasteiger partial charge in [-0.2, -0.15) is 0 Å². The van der Waals surface area contributed by atoms with Crippen molar-refractivity contribution in [1.82, 2.24) is 4.72 Å². The molecule has 10 heteroatoms. The lowest BCUT2D eigenvalue weighted by atomic mass is 10.0. The molecule has 1 atom stereocenters. The van der Waals surface area contributed by atoms with Crippen LogP contribution in [-0.4, -0.2) is 33.9 Å². The number of nitrogens with one attached hydrogen (secondary N) is 1. The minimum Gasteiger partial charge on any atom is -0.398 e. The van der Waals surface area contributed by atoms with Gasteiger partial charge in [-0.05, 0) is 41.4 Å². The maximum Gasteiger partial charge on any atom is 0.242 e. The van der Waals surface area contributed by atoms with Crippen LogP contribution in [0.3, 0.4) is 0 Å². The van der Waals surface area contributed by atoms with E-state index in [-0.39, 0.29) is 38.0 Å². The molecular weight excluding hydrogens is 404 g/mol. The van der Waals surface area contributed by atoms with E-state index >= 15 is 0 Å². The molecule has 0 radical (unpaired) electrons. The summed E-state index contributed by atoms with van der Waals surface area (Å²) in [6.45, 7) is 1.57. The van der Waals surface area contributed by atoms with Crippen LogP contribution in [0.25, 0.3) is 0 Å². The van der Waals surface area contributed by atoms with Crippen LogP contribution < -0.4 is 10.5 Å². The topological polar surface area (TPSA) is 106 Å². The fourth-order valence-electron chi connectivity index (χ4n) is 2.25. The third-order valence-corrected chi connectivity index (χ3v) is 8.14. The first kappa shape index (κ1) is 17.0. The average molecular weight is 418 g/mol. The quantitative estimate of drug-likeness (QED) is 0.726. The van der Waals surface area contributed by atoms with E-state index in [0.717, 1.165) is 0 Å². The van der Waals surface area contributed by atoms with Crippen LogP contribution in [0.1, 0.15) is 13.3 Å². The Hall–Kier alpha value is -0.350. The van der Waals surface area contributed by atoms with Gasteiger partial charge in [-0.1, -0.05) is 11.6 Å². The first-order chi connectivity index (χ1) is 9.44. The largest absolute Gasteiger partial charge is 0.398 e. The molecule has 1 fully saturated rings. The van der Waals surface area contributed by atoms with Crippen molar-refractivity contribution in [3.05, 3.63) is 21.6 Å². The third kappa shape index (κ3) is 3.70. The molecule has 0 spiro atoms. The first-order valence-corrected chi connectivity index (χ1v) is 10.4. The molecule has 1 aromatic rings. The zero-order chi connectivity index (χ0) is 16.1. The van der Waals surface area contributed by atoms with Crippen molar-refractivity contribution >= 4 is 53.1 Å². The number of sulfonamides is 1. The Morgan fingerprint density at radius 3 is 2.57 bits per heavy atom. The van der Waals surface area contributed by atoms with Crippen LogP contribution in [0.4, 0.5) is 5.69 Å². The summed E-state index contributed by atoms with van der Waals surface area (Å²) in [6.07, 6.45) is 0.224. The van der Waals surface area contributed by atoms with E-state index in [4.69, 9.17) is 17.3 Å². The highest BCUT2D eigenvalue weighted by molar-refractivity contribution is 9.10. The van der Waals surface area contributed by atoms with E-state index in [9.17, 15) is 16.8 Å². The number of rotatable bonds is 3. The summed E-state index contributed by atoms with van der Waals surface area (Å²) in [7, 11) is -7.18. The van der Waals surface area contributed by atoms with Crippen molar-refractivity contribution < 1.29 is 16.8 Å². The molecule has 0 aromatic heterocycles. The van der Waals surface area contributed by atoms with Crippen molar-refractivity contribution in [3.63, 3.8) is 0 Å². The number of anilines is 1. The molecule has 21 heavy (non-hydrogen) atoms. The molecule has 1 aliphatic heterocycles. The summed E-state index contributed by atoms with van der Waals surface area (Å²) < 4.78 is 50.7. The number of hydrogen-bond donors (Lipinski definition) is 2. The summed E-state index contributed by atoms with van der Waals surface area (Å²) in [5.41, 5.74) is 4.84. The van der Waals surface area contributed by atoms with E-state index in [1.165, 1.54) is 12.1 Å². The van der Waals surface area contributed by atoms with Gasteiger partial charge in [-0.3, -0.25) is 0 Å². The lowest BCUT2D eigenvalue weighted by Gasteiger charge is -2.24. The normalized spacial score (nSPS) is 25.1. The summed E-state index contributed by atoms with van der Waals surface area (Å²) in [5.74, 6) is -0.266. The highest BCUT2D eigenvalue weighted by Crippen LogP contribution is 2.33. The van der Waals surface area contributed by atoms with Crippen molar-refractivity contribution in [1.29, 1.82) is 0 Å². The minimum atomic E-state index is -3.95. The van der Waals surface area contributed by atoms with E-state index in [0.29, 0.717) is 0 Å². The molecule has 118 valence electrons. The Bertz CT molecular complexity index is 795. The number of halogens is 2. The van der Waals surface area contributed by atoms with Gasteiger partial charge in [0.05, 0.1) is 20.9 Å². The van der Waals surface area contributed by atoms with E-state index < -0.39 is 25.4 Å². The fraction of sp³-hybridized carbons (Fsp3) is 0.455. The number of hydrogen-bond acceptors (Lipinski definition) is 5.